The Labute approximate surface area is 70.5 Å². The van der Waals surface area contributed by atoms with E-state index in [1.807, 2.05) is 0 Å². The van der Waals surface area contributed by atoms with Crippen LogP contribution < -0.4 is 0 Å². The Morgan fingerprint density at radius 1 is 1.22 bits per heavy atom. The number of rotatable bonds is 1. The van der Waals surface area contributed by atoms with Gasteiger partial charge in [-0.25, -0.2) is 0 Å². The molecule has 0 N–H and O–H groups in total. The first kappa shape index (κ1) is 6.44. The van der Waals surface area contributed by atoms with Gasteiger partial charge in [0.15, 0.2) is 0 Å². The number of fused-ring (bicyclic) bond motifs is 2. The number of hydrogen-bond acceptors (Lipinski definition) is 0. The Bertz CT molecular complexity index is 111. The van der Waals surface area contributed by atoms with Gasteiger partial charge in [0.1, 0.15) is 0 Å². The molecule has 2 saturated carbocycles. The van der Waals surface area contributed by atoms with Gasteiger partial charge in [-0.15, -0.1) is 0 Å². The molecule has 0 aromatic heterocycles. The maximum Gasteiger partial charge on any atom is 0.00264 e. The minimum Gasteiger partial charge on any atom is -0.0861 e. The molecule has 0 radical (unpaired) electrons. The van der Waals surface area contributed by atoms with Crippen molar-refractivity contribution in [3.05, 3.63) is 0 Å². The van der Waals surface area contributed by atoms with Crippen molar-refractivity contribution in [3.8, 4) is 0 Å². The van der Waals surface area contributed by atoms with Crippen LogP contribution in [0.5, 0.6) is 0 Å². The summed E-state index contributed by atoms with van der Waals surface area (Å²) >= 11 is 2.55. The van der Waals surface area contributed by atoms with Crippen molar-refractivity contribution in [3.63, 3.8) is 0 Å². The lowest BCUT2D eigenvalue weighted by Gasteiger charge is -2.18. The molecule has 2 aliphatic rings. The van der Waals surface area contributed by atoms with Crippen LogP contribution in [-0.2, 0) is 0 Å². The van der Waals surface area contributed by atoms with Crippen molar-refractivity contribution in [2.45, 2.75) is 25.7 Å². The fourth-order valence-corrected chi connectivity index (χ4v) is 3.64. The zero-order chi connectivity index (χ0) is 6.27. The zero-order valence-electron chi connectivity index (χ0n) is 5.65. The second kappa shape index (κ2) is 2.40. The van der Waals surface area contributed by atoms with Crippen LogP contribution in [0.3, 0.4) is 0 Å². The Hall–Kier alpha value is 0.730. The van der Waals surface area contributed by atoms with Crippen molar-refractivity contribution in [1.82, 2.24) is 0 Å². The van der Waals surface area contributed by atoms with Crippen LogP contribution in [0.1, 0.15) is 25.7 Å². The van der Waals surface area contributed by atoms with E-state index in [0.717, 1.165) is 17.8 Å². The van der Waals surface area contributed by atoms with Gasteiger partial charge in [-0.1, -0.05) is 29.0 Å². The van der Waals surface area contributed by atoms with Crippen LogP contribution in [0.4, 0.5) is 0 Å². The van der Waals surface area contributed by atoms with E-state index < -0.39 is 0 Å². The first-order valence-electron chi connectivity index (χ1n) is 3.96. The Kier molecular flexibility index (Phi) is 1.72. The molecule has 0 aromatic rings. The third-order valence-corrected chi connectivity index (χ3v) is 4.21. The lowest BCUT2D eigenvalue weighted by Crippen LogP contribution is -2.10. The quantitative estimate of drug-likeness (QED) is 0.485. The predicted octanol–water partition coefficient (Wildman–Crippen LogP) is 2.86. The summed E-state index contributed by atoms with van der Waals surface area (Å²) in [6.45, 7) is 0. The fraction of sp³-hybridized carbons (Fsp3) is 1.00. The molecule has 0 amide bonds. The fourth-order valence-electron chi connectivity index (χ4n) is 2.57. The first-order valence-corrected chi connectivity index (χ1v) is 5.48. The van der Waals surface area contributed by atoms with Gasteiger partial charge in [-0.2, -0.15) is 0 Å². The van der Waals surface area contributed by atoms with Gasteiger partial charge >= 0.3 is 0 Å². The van der Waals surface area contributed by atoms with Gasteiger partial charge in [-0.3, -0.25) is 0 Å². The van der Waals surface area contributed by atoms with Gasteiger partial charge in [-0.05, 0) is 37.0 Å². The SMILES string of the molecule is IC[C@H]1C[C@H]2CC[C@@H]1C2. The monoisotopic (exact) mass is 236 g/mol. The van der Waals surface area contributed by atoms with Gasteiger partial charge in [0, 0.05) is 4.43 Å². The van der Waals surface area contributed by atoms with E-state index >= 15 is 0 Å². The molecule has 0 nitrogen and oxygen atoms in total. The topological polar surface area (TPSA) is 0 Å². The van der Waals surface area contributed by atoms with Crippen LogP contribution in [0.25, 0.3) is 0 Å². The van der Waals surface area contributed by atoms with E-state index in [0.29, 0.717) is 0 Å². The number of alkyl halides is 1. The molecule has 9 heavy (non-hydrogen) atoms. The summed E-state index contributed by atoms with van der Waals surface area (Å²) in [7, 11) is 0. The summed E-state index contributed by atoms with van der Waals surface area (Å²) < 4.78 is 1.42. The molecule has 0 unspecified atom stereocenters. The summed E-state index contributed by atoms with van der Waals surface area (Å²) in [5, 5.41) is 0. The highest BCUT2D eigenvalue weighted by molar-refractivity contribution is 14.1. The largest absolute Gasteiger partial charge is 0.0861 e. The highest BCUT2D eigenvalue weighted by Crippen LogP contribution is 2.48. The third kappa shape index (κ3) is 1.02. The second-order valence-corrected chi connectivity index (χ2v) is 4.47. The average Bonchev–Trinajstić information content (AvgIpc) is 2.45. The lowest BCUT2D eigenvalue weighted by atomic mass is 9.91. The highest BCUT2D eigenvalue weighted by atomic mass is 127. The van der Waals surface area contributed by atoms with E-state index in [1.54, 1.807) is 25.7 Å². The smallest absolute Gasteiger partial charge is 0.00264 e. The lowest BCUT2D eigenvalue weighted by molar-refractivity contribution is 0.369. The van der Waals surface area contributed by atoms with Gasteiger partial charge in [0.05, 0.1) is 0 Å². The molecule has 0 saturated heterocycles. The molecule has 3 atom stereocenters. The molecule has 2 rings (SSSR count). The van der Waals surface area contributed by atoms with Crippen LogP contribution in [0.2, 0.25) is 0 Å². The van der Waals surface area contributed by atoms with Crippen LogP contribution in [0.15, 0.2) is 0 Å². The maximum absolute atomic E-state index is 2.55. The number of halogens is 1. The predicted molar refractivity (Wildman–Crippen MR) is 47.8 cm³/mol. The minimum atomic E-state index is 1.12. The molecule has 0 heterocycles. The summed E-state index contributed by atoms with van der Waals surface area (Å²) in [4.78, 5) is 0. The van der Waals surface area contributed by atoms with Crippen molar-refractivity contribution in [1.29, 1.82) is 0 Å². The van der Waals surface area contributed by atoms with Crippen molar-refractivity contribution >= 4 is 22.6 Å². The second-order valence-electron chi connectivity index (χ2n) is 3.59. The van der Waals surface area contributed by atoms with E-state index in [9.17, 15) is 0 Å². The minimum absolute atomic E-state index is 1.12. The third-order valence-electron chi connectivity index (χ3n) is 3.08. The van der Waals surface area contributed by atoms with Gasteiger partial charge in [0.2, 0.25) is 0 Å². The average molecular weight is 236 g/mol. The molecule has 0 spiro atoms. The standard InChI is InChI=1S/C8H13I/c9-5-8-4-6-1-2-7(8)3-6/h6-8H,1-5H2/t6-,7+,8+/m0/s1. The van der Waals surface area contributed by atoms with Gasteiger partial charge in [0.25, 0.3) is 0 Å². The van der Waals surface area contributed by atoms with Crippen molar-refractivity contribution in [2.75, 3.05) is 4.43 Å². The molecular formula is C8H13I. The first-order chi connectivity index (χ1) is 4.40. The molecular weight excluding hydrogens is 223 g/mol. The molecule has 0 aromatic carbocycles. The number of hydrogen-bond donors (Lipinski definition) is 0. The molecule has 0 aliphatic heterocycles. The molecule has 2 fully saturated rings. The van der Waals surface area contributed by atoms with Crippen molar-refractivity contribution in [2.24, 2.45) is 17.8 Å². The zero-order valence-corrected chi connectivity index (χ0v) is 7.80. The summed E-state index contributed by atoms with van der Waals surface area (Å²) in [6, 6.07) is 0. The Morgan fingerprint density at radius 2 is 2.11 bits per heavy atom. The summed E-state index contributed by atoms with van der Waals surface area (Å²) in [6.07, 6.45) is 6.25. The molecule has 2 bridgehead atoms. The Balaban J connectivity index is 2.01. The highest BCUT2D eigenvalue weighted by Gasteiger charge is 2.38. The summed E-state index contributed by atoms with van der Waals surface area (Å²) in [5.74, 6) is 3.41. The van der Waals surface area contributed by atoms with E-state index in [2.05, 4.69) is 22.6 Å². The Morgan fingerprint density at radius 3 is 2.44 bits per heavy atom. The van der Waals surface area contributed by atoms with E-state index in [1.165, 1.54) is 4.43 Å². The molecule has 1 heteroatoms. The van der Waals surface area contributed by atoms with Crippen molar-refractivity contribution < 1.29 is 0 Å². The van der Waals surface area contributed by atoms with E-state index in [4.69, 9.17) is 0 Å². The van der Waals surface area contributed by atoms with Gasteiger partial charge < -0.3 is 0 Å². The van der Waals surface area contributed by atoms with Crippen LogP contribution in [-0.4, -0.2) is 4.43 Å². The molecule has 52 valence electrons. The normalized spacial score (nSPS) is 48.3. The van der Waals surface area contributed by atoms with E-state index in [-0.39, 0.29) is 0 Å². The molecule has 2 aliphatic carbocycles. The van der Waals surface area contributed by atoms with Crippen LogP contribution >= 0.6 is 22.6 Å². The summed E-state index contributed by atoms with van der Waals surface area (Å²) in [5.41, 5.74) is 0. The maximum atomic E-state index is 2.55. The van der Waals surface area contributed by atoms with Crippen LogP contribution in [0, 0.1) is 17.8 Å².